The zero-order valence-corrected chi connectivity index (χ0v) is 23.7. The third-order valence-corrected chi connectivity index (χ3v) is 8.05. The van der Waals surface area contributed by atoms with E-state index in [1.54, 1.807) is 59.0 Å². The monoisotopic (exact) mass is 608 g/mol. The van der Waals surface area contributed by atoms with Crippen molar-refractivity contribution < 1.29 is 14.3 Å². The summed E-state index contributed by atoms with van der Waals surface area (Å²) in [5.74, 6) is -0.0120. The molecule has 8 nitrogen and oxygen atoms in total. The lowest BCUT2D eigenvalue weighted by atomic mass is 10.1. The molecule has 2 heterocycles. The van der Waals surface area contributed by atoms with Crippen molar-refractivity contribution in [1.29, 1.82) is 0 Å². The van der Waals surface area contributed by atoms with Gasteiger partial charge in [-0.2, -0.15) is 0 Å². The first-order valence-corrected chi connectivity index (χ1v) is 13.5. The number of benzene rings is 3. The maximum atomic E-state index is 13.7. The Morgan fingerprint density at radius 1 is 1.08 bits per heavy atom. The van der Waals surface area contributed by atoms with E-state index in [9.17, 15) is 14.4 Å². The van der Waals surface area contributed by atoms with E-state index in [0.717, 1.165) is 5.56 Å². The number of hydrogen-bond donors (Lipinski definition) is 1. The van der Waals surface area contributed by atoms with Gasteiger partial charge in [0.25, 0.3) is 11.8 Å². The summed E-state index contributed by atoms with van der Waals surface area (Å²) in [6.07, 6.45) is 0. The van der Waals surface area contributed by atoms with Gasteiger partial charge in [0.15, 0.2) is 0 Å². The summed E-state index contributed by atoms with van der Waals surface area (Å²) in [6.45, 7) is 2.50. The smallest absolute Gasteiger partial charge is 0.333 e. The van der Waals surface area contributed by atoms with Crippen LogP contribution < -0.4 is 15.7 Å². The Bertz CT molecular complexity index is 1600. The van der Waals surface area contributed by atoms with E-state index in [-0.39, 0.29) is 43.0 Å². The summed E-state index contributed by atoms with van der Waals surface area (Å²) >= 11 is 9.61. The van der Waals surface area contributed by atoms with Gasteiger partial charge in [-0.3, -0.25) is 18.7 Å². The van der Waals surface area contributed by atoms with Crippen molar-refractivity contribution in [2.45, 2.75) is 32.6 Å². The zero-order valence-electron chi connectivity index (χ0n) is 21.4. The van der Waals surface area contributed by atoms with Crippen molar-refractivity contribution in [2.24, 2.45) is 0 Å². The topological polar surface area (TPSA) is 85.6 Å². The molecule has 0 saturated heterocycles. The highest BCUT2D eigenvalue weighted by molar-refractivity contribution is 9.10. The Balaban J connectivity index is 1.57. The number of ether oxygens (including phenoxy) is 1. The number of aromatic nitrogens is 2. The van der Waals surface area contributed by atoms with E-state index in [4.69, 9.17) is 16.3 Å². The Hall–Kier alpha value is -3.82. The van der Waals surface area contributed by atoms with Gasteiger partial charge < -0.3 is 15.0 Å². The minimum atomic E-state index is -0.408. The second-order valence-corrected chi connectivity index (χ2v) is 10.6. The van der Waals surface area contributed by atoms with Crippen LogP contribution in [0.4, 0.5) is 0 Å². The van der Waals surface area contributed by atoms with E-state index in [0.29, 0.717) is 32.2 Å². The third kappa shape index (κ3) is 5.24. The molecule has 0 bridgehead atoms. The number of hydrogen-bond acceptors (Lipinski definition) is 4. The normalized spacial score (nSPS) is 14.6. The van der Waals surface area contributed by atoms with Crippen molar-refractivity contribution in [1.82, 2.24) is 19.4 Å². The van der Waals surface area contributed by atoms with Crippen LogP contribution in [0.25, 0.3) is 5.69 Å². The maximum Gasteiger partial charge on any atom is 0.333 e. The fourth-order valence-electron chi connectivity index (χ4n) is 4.75. The molecule has 1 aliphatic heterocycles. The molecule has 0 radical (unpaired) electrons. The molecule has 39 heavy (non-hydrogen) atoms. The molecule has 10 heteroatoms. The van der Waals surface area contributed by atoms with E-state index in [1.807, 2.05) is 37.3 Å². The summed E-state index contributed by atoms with van der Waals surface area (Å²) in [5.41, 5.74) is 2.20. The quantitative estimate of drug-likeness (QED) is 0.332. The molecular weight excluding hydrogens is 584 g/mol. The number of fused-ring (bicyclic) bond motifs is 1. The van der Waals surface area contributed by atoms with Crippen LogP contribution in [-0.2, 0) is 19.6 Å². The summed E-state index contributed by atoms with van der Waals surface area (Å²) in [4.78, 5) is 42.6. The van der Waals surface area contributed by atoms with E-state index in [1.165, 1.54) is 4.57 Å². The van der Waals surface area contributed by atoms with Gasteiger partial charge >= 0.3 is 5.69 Å². The second-order valence-electron chi connectivity index (χ2n) is 9.30. The molecule has 1 aliphatic rings. The van der Waals surface area contributed by atoms with Crippen molar-refractivity contribution >= 4 is 39.3 Å². The summed E-state index contributed by atoms with van der Waals surface area (Å²) in [5, 5.41) is 3.37. The van der Waals surface area contributed by atoms with Gasteiger partial charge in [-0.15, -0.1) is 0 Å². The van der Waals surface area contributed by atoms with E-state index in [2.05, 4.69) is 21.2 Å². The number of halogens is 2. The highest BCUT2D eigenvalue weighted by Gasteiger charge is 2.35. The Kier molecular flexibility index (Phi) is 7.63. The largest absolute Gasteiger partial charge is 0.497 e. The number of carbonyl (C=O) groups is 2. The van der Waals surface area contributed by atoms with Crippen molar-refractivity contribution in [2.75, 3.05) is 7.11 Å². The van der Waals surface area contributed by atoms with Crippen molar-refractivity contribution in [3.8, 4) is 11.4 Å². The lowest BCUT2D eigenvalue weighted by molar-refractivity contribution is 0.0610. The van der Waals surface area contributed by atoms with Crippen LogP contribution in [0, 0.1) is 0 Å². The predicted molar refractivity (Wildman–Crippen MR) is 153 cm³/mol. The molecule has 5 rings (SSSR count). The van der Waals surface area contributed by atoms with Crippen LogP contribution in [0.15, 0.2) is 82.1 Å². The summed E-state index contributed by atoms with van der Waals surface area (Å²) in [7, 11) is 1.56. The number of amides is 2. The number of nitrogens with zero attached hydrogens (tertiary/aromatic N) is 3. The van der Waals surface area contributed by atoms with Gasteiger partial charge in [0, 0.05) is 29.2 Å². The molecule has 1 atom stereocenters. The molecule has 2 amide bonds. The first-order chi connectivity index (χ1) is 18.8. The van der Waals surface area contributed by atoms with Gasteiger partial charge in [0.1, 0.15) is 11.4 Å². The fourth-order valence-corrected chi connectivity index (χ4v) is 5.18. The average Bonchev–Trinajstić information content (AvgIpc) is 3.24. The number of methoxy groups -OCH3 is 1. The zero-order chi connectivity index (χ0) is 27.7. The van der Waals surface area contributed by atoms with Crippen molar-refractivity contribution in [3.05, 3.63) is 115 Å². The standard InChI is InChI=1S/C29H26BrClN4O4/c1-18-16-34-25(17-33(18)28(37)20-8-13-23(30)24(31)14-20)26(27(36)32-15-19-6-4-3-5-7-19)35(29(34)38)21-9-11-22(39-2)12-10-21/h3-14,18H,15-17H2,1-2H3,(H,32,36)/t18-/m0/s1. The summed E-state index contributed by atoms with van der Waals surface area (Å²) < 4.78 is 8.95. The number of imidazole rings is 1. The van der Waals surface area contributed by atoms with Crippen LogP contribution in [0.1, 0.15) is 39.0 Å². The third-order valence-electron chi connectivity index (χ3n) is 6.81. The van der Waals surface area contributed by atoms with Crippen LogP contribution >= 0.6 is 27.5 Å². The molecule has 4 aromatic rings. The molecule has 0 fully saturated rings. The molecule has 1 aromatic heterocycles. The van der Waals surface area contributed by atoms with E-state index >= 15 is 0 Å². The fraction of sp³-hybridized carbons (Fsp3) is 0.207. The molecule has 0 unspecified atom stereocenters. The SMILES string of the molecule is COc1ccc(-n2c(C(=O)NCc3ccccc3)c3n(c2=O)C[C@H](C)N(C(=O)c2ccc(Br)c(Cl)c2)C3)cc1. The Morgan fingerprint density at radius 3 is 2.46 bits per heavy atom. The van der Waals surface area contributed by atoms with Crippen molar-refractivity contribution in [3.63, 3.8) is 0 Å². The summed E-state index contributed by atoms with van der Waals surface area (Å²) in [6, 6.07) is 21.2. The second kappa shape index (κ2) is 11.1. The highest BCUT2D eigenvalue weighted by atomic mass is 79.9. The van der Waals surface area contributed by atoms with Crippen LogP contribution in [0.5, 0.6) is 5.75 Å². The van der Waals surface area contributed by atoms with Gasteiger partial charge in [-0.25, -0.2) is 4.79 Å². The van der Waals surface area contributed by atoms with Gasteiger partial charge in [0.2, 0.25) is 0 Å². The van der Waals surface area contributed by atoms with Crippen LogP contribution in [0.3, 0.4) is 0 Å². The predicted octanol–water partition coefficient (Wildman–Crippen LogP) is 5.04. The lowest BCUT2D eigenvalue weighted by Gasteiger charge is -2.34. The van der Waals surface area contributed by atoms with E-state index < -0.39 is 5.91 Å². The van der Waals surface area contributed by atoms with Crippen LogP contribution in [0.2, 0.25) is 5.02 Å². The first-order valence-electron chi connectivity index (χ1n) is 12.4. The molecule has 3 aromatic carbocycles. The van der Waals surface area contributed by atoms with Gasteiger partial charge in [-0.05, 0) is 70.9 Å². The van der Waals surface area contributed by atoms with Gasteiger partial charge in [0.05, 0.1) is 30.1 Å². The number of carbonyl (C=O) groups excluding carboxylic acids is 2. The molecule has 1 N–H and O–H groups in total. The van der Waals surface area contributed by atoms with Crippen LogP contribution in [-0.4, -0.2) is 39.0 Å². The average molecular weight is 610 g/mol. The first kappa shape index (κ1) is 26.8. The minimum absolute atomic E-state index is 0.0835. The number of nitrogens with one attached hydrogen (secondary N) is 1. The molecule has 200 valence electrons. The lowest BCUT2D eigenvalue weighted by Crippen LogP contribution is -2.47. The molecular formula is C29H26BrClN4O4. The van der Waals surface area contributed by atoms with Gasteiger partial charge in [-0.1, -0.05) is 41.9 Å². The molecule has 0 saturated carbocycles. The Labute approximate surface area is 238 Å². The minimum Gasteiger partial charge on any atom is -0.497 e. The highest BCUT2D eigenvalue weighted by Crippen LogP contribution is 2.28. The maximum absolute atomic E-state index is 13.7. The molecule has 0 spiro atoms. The Morgan fingerprint density at radius 2 is 1.79 bits per heavy atom. The molecule has 0 aliphatic carbocycles. The number of rotatable bonds is 6.